The molecule has 6 aromatic rings. The summed E-state index contributed by atoms with van der Waals surface area (Å²) in [6.45, 7) is 0. The highest BCUT2D eigenvalue weighted by atomic mass is 79.9. The summed E-state index contributed by atoms with van der Waals surface area (Å²) < 4.78 is 7.18. The molecule has 8 nitrogen and oxygen atoms in total. The van der Waals surface area contributed by atoms with Gasteiger partial charge in [0, 0.05) is 73.7 Å². The topological polar surface area (TPSA) is 109 Å². The maximum atomic E-state index is 5.17. The predicted molar refractivity (Wildman–Crippen MR) is 217 cm³/mol. The van der Waals surface area contributed by atoms with Gasteiger partial charge in [0.15, 0.2) is 5.82 Å². The van der Waals surface area contributed by atoms with Gasteiger partial charge in [0.05, 0.1) is 5.92 Å². The minimum absolute atomic E-state index is 0.232. The van der Waals surface area contributed by atoms with Gasteiger partial charge in [-0.3, -0.25) is 0 Å². The molecule has 16 heteroatoms. The van der Waals surface area contributed by atoms with Crippen LogP contribution in [-0.4, -0.2) is 20.8 Å². The van der Waals surface area contributed by atoms with Crippen LogP contribution in [0.3, 0.4) is 0 Å². The Labute approximate surface area is 336 Å². The zero-order valence-electron chi connectivity index (χ0n) is 23.5. The number of halogens is 8. The maximum Gasteiger partial charge on any atom is 0.160 e. The second-order valence-electron chi connectivity index (χ2n) is 11.1. The van der Waals surface area contributed by atoms with Crippen LogP contribution in [0.2, 0.25) is 0 Å². The maximum absolute atomic E-state index is 5.17. The number of nitrogens with zero attached hydrogens (tertiary/aromatic N) is 5. The lowest BCUT2D eigenvalue weighted by Gasteiger charge is -2.14. The number of H-pyrrole nitrogens is 3. The molecule has 0 amide bonds. The quantitative estimate of drug-likeness (QED) is 0.135. The van der Waals surface area contributed by atoms with E-state index >= 15 is 0 Å². The summed E-state index contributed by atoms with van der Waals surface area (Å²) in [5, 5.41) is 5.33. The fourth-order valence-electron chi connectivity index (χ4n) is 5.98. The van der Waals surface area contributed by atoms with E-state index in [0.717, 1.165) is 73.7 Å². The summed E-state index contributed by atoms with van der Waals surface area (Å²) in [5.41, 5.74) is 3.45. The van der Waals surface area contributed by atoms with Crippen molar-refractivity contribution in [2.24, 2.45) is 30.9 Å². The molecule has 3 aromatic heterocycles. The summed E-state index contributed by atoms with van der Waals surface area (Å²) in [7, 11) is 0. The molecule has 236 valence electrons. The van der Waals surface area contributed by atoms with Crippen molar-refractivity contribution < 1.29 is 0 Å². The highest BCUT2D eigenvalue weighted by Crippen LogP contribution is 2.41. The molecular formula is C32H12Br8N8. The molecular weight excluding hydrogens is 1140 g/mol. The number of fused-ring (bicyclic) bond motifs is 18. The fourth-order valence-corrected chi connectivity index (χ4v) is 8.80. The van der Waals surface area contributed by atoms with Crippen molar-refractivity contribution in [3.63, 3.8) is 0 Å². The molecule has 0 spiro atoms. The molecule has 48 heavy (non-hydrogen) atoms. The van der Waals surface area contributed by atoms with E-state index < -0.39 is 0 Å². The number of rotatable bonds is 0. The van der Waals surface area contributed by atoms with Crippen molar-refractivity contribution in [1.29, 1.82) is 0 Å². The smallest absolute Gasteiger partial charge is 0.160 e. The summed E-state index contributed by atoms with van der Waals surface area (Å²) in [6, 6.07) is 12.2. The third-order valence-corrected chi connectivity index (χ3v) is 15.6. The fraction of sp³-hybridized carbons (Fsp3) is 0.0312. The van der Waals surface area contributed by atoms with E-state index in [0.29, 0.717) is 45.2 Å². The Hall–Kier alpha value is -1.79. The van der Waals surface area contributed by atoms with Crippen molar-refractivity contribution in [1.82, 2.24) is 15.0 Å². The normalized spacial score (nSPS) is 17.8. The molecule has 0 saturated carbocycles. The average Bonchev–Trinajstić information content (AvgIpc) is 3.74. The van der Waals surface area contributed by atoms with E-state index in [1.54, 1.807) is 0 Å². The van der Waals surface area contributed by atoms with Gasteiger partial charge < -0.3 is 15.0 Å². The Morgan fingerprint density at radius 1 is 0.438 bits per heavy atom. The highest BCUT2D eigenvalue weighted by molar-refractivity contribution is 9.15. The molecule has 1 atom stereocenters. The number of aliphatic imine (C=N–C) groups is 1. The minimum atomic E-state index is -0.232. The summed E-state index contributed by atoms with van der Waals surface area (Å²) >= 11 is 29.5. The number of nitrogens with one attached hydrogen (secondary N) is 3. The SMILES string of the molecule is BrC1=CC2=C3N=C(N=c4[nH]/c(c5cc(Br)c(Br)cc45)=N\c4[nH]c(c5cc(Br)c(Br)cc45)N=c4[nH]c(c5cc(Br)c(Br)cc45)=N3)C2C=C1Br. The van der Waals surface area contributed by atoms with Crippen LogP contribution in [0.15, 0.2) is 121 Å². The summed E-state index contributed by atoms with van der Waals surface area (Å²) in [5.74, 6) is 2.20. The van der Waals surface area contributed by atoms with Gasteiger partial charge >= 0.3 is 0 Å². The van der Waals surface area contributed by atoms with Crippen molar-refractivity contribution in [2.75, 3.05) is 0 Å². The van der Waals surface area contributed by atoms with Crippen molar-refractivity contribution >= 4 is 177 Å². The number of aromatic amines is 3. The summed E-state index contributed by atoms with van der Waals surface area (Å²) in [4.78, 5) is 36.2. The average molecular weight is 1150 g/mol. The van der Waals surface area contributed by atoms with Crippen LogP contribution in [0, 0.1) is 5.92 Å². The van der Waals surface area contributed by atoms with Crippen molar-refractivity contribution in [2.45, 2.75) is 0 Å². The second-order valence-corrected chi connectivity index (χ2v) is 17.9. The van der Waals surface area contributed by atoms with Crippen LogP contribution in [0.1, 0.15) is 0 Å². The number of amidine groups is 1. The van der Waals surface area contributed by atoms with Gasteiger partial charge in [0.25, 0.3) is 0 Å². The van der Waals surface area contributed by atoms with Crippen LogP contribution in [0.4, 0.5) is 11.6 Å². The monoisotopic (exact) mass is 1140 g/mol. The molecule has 8 bridgehead atoms. The first-order valence-electron chi connectivity index (χ1n) is 14.0. The lowest BCUT2D eigenvalue weighted by molar-refractivity contribution is 1.02. The molecule has 5 heterocycles. The molecule has 1 unspecified atom stereocenters. The van der Waals surface area contributed by atoms with Crippen LogP contribution in [-0.2, 0) is 0 Å². The van der Waals surface area contributed by atoms with Gasteiger partial charge in [0.1, 0.15) is 39.4 Å². The second kappa shape index (κ2) is 11.9. The van der Waals surface area contributed by atoms with Crippen LogP contribution >= 0.6 is 127 Å². The lowest BCUT2D eigenvalue weighted by atomic mass is 9.95. The van der Waals surface area contributed by atoms with E-state index in [2.05, 4.69) is 148 Å². The van der Waals surface area contributed by atoms with E-state index in [-0.39, 0.29) is 5.92 Å². The van der Waals surface area contributed by atoms with Crippen LogP contribution in [0.25, 0.3) is 32.3 Å². The van der Waals surface area contributed by atoms with Gasteiger partial charge in [-0.25, -0.2) is 25.0 Å². The first kappa shape index (κ1) is 32.1. The number of hydrogen-bond acceptors (Lipinski definition) is 5. The number of aromatic nitrogens is 3. The zero-order chi connectivity index (χ0) is 33.2. The van der Waals surface area contributed by atoms with Gasteiger partial charge in [-0.1, -0.05) is 6.08 Å². The Morgan fingerprint density at radius 2 is 0.854 bits per heavy atom. The first-order valence-corrected chi connectivity index (χ1v) is 20.3. The molecule has 9 rings (SSSR count). The Morgan fingerprint density at radius 3 is 1.33 bits per heavy atom. The molecule has 3 aromatic carbocycles. The molecule has 0 radical (unpaired) electrons. The standard InChI is InChI=1S/C32H12Br8N8/c33-17-1-9-10(2-18(17)34)26-41-25(9)45-27-11-3-19(35)20(36)4-12(11)29(42-27)47-31-15-7-23(39)24(40)8-16(15)32(44-31)48-30-14-6-22(38)21(37)5-13(14)28(43-30)46-26/h1-9,44H,(H,43,46,48)(H,41,42,45,47). The number of hydrogen-bond donors (Lipinski definition) is 3. The molecule has 0 fully saturated rings. The Balaban J connectivity index is 1.48. The minimum Gasteiger partial charge on any atom is -0.324 e. The number of allylic oxidation sites excluding steroid dienone is 3. The number of benzene rings is 3. The van der Waals surface area contributed by atoms with Gasteiger partial charge in [0.2, 0.25) is 0 Å². The van der Waals surface area contributed by atoms with Crippen LogP contribution < -0.4 is 22.0 Å². The zero-order valence-corrected chi connectivity index (χ0v) is 36.1. The van der Waals surface area contributed by atoms with E-state index in [9.17, 15) is 0 Å². The molecule has 3 N–H and O–H groups in total. The largest absolute Gasteiger partial charge is 0.324 e. The van der Waals surface area contributed by atoms with Gasteiger partial charge in [-0.05, 0) is 170 Å². The first-order chi connectivity index (χ1) is 23.0. The van der Waals surface area contributed by atoms with Gasteiger partial charge in [-0.15, -0.1) is 0 Å². The molecule has 0 saturated heterocycles. The lowest BCUT2D eigenvalue weighted by Crippen LogP contribution is -2.17. The summed E-state index contributed by atoms with van der Waals surface area (Å²) in [6.07, 6.45) is 4.13. The Bertz CT molecular complexity index is 2890. The van der Waals surface area contributed by atoms with Crippen molar-refractivity contribution in [3.05, 3.63) is 118 Å². The van der Waals surface area contributed by atoms with E-state index in [4.69, 9.17) is 25.0 Å². The van der Waals surface area contributed by atoms with Crippen LogP contribution in [0.5, 0.6) is 0 Å². The van der Waals surface area contributed by atoms with E-state index in [1.807, 2.05) is 42.5 Å². The van der Waals surface area contributed by atoms with E-state index in [1.165, 1.54) is 0 Å². The molecule has 1 aliphatic carbocycles. The van der Waals surface area contributed by atoms with Crippen molar-refractivity contribution in [3.8, 4) is 0 Å². The highest BCUT2D eigenvalue weighted by Gasteiger charge is 2.31. The third kappa shape index (κ3) is 5.18. The van der Waals surface area contributed by atoms with Gasteiger partial charge in [-0.2, -0.15) is 0 Å². The third-order valence-electron chi connectivity index (χ3n) is 8.23. The Kier molecular flexibility index (Phi) is 7.96. The predicted octanol–water partition coefficient (Wildman–Crippen LogP) is 10.7. The molecule has 2 aliphatic heterocycles. The molecule has 3 aliphatic rings.